The fraction of sp³-hybridized carbons (Fsp3) is 0.318. The van der Waals surface area contributed by atoms with E-state index in [4.69, 9.17) is 21.1 Å². The van der Waals surface area contributed by atoms with Gasteiger partial charge in [-0.1, -0.05) is 35.9 Å². The molecule has 0 spiro atoms. The summed E-state index contributed by atoms with van der Waals surface area (Å²) in [7, 11) is 0. The molecule has 0 atom stereocenters. The number of aryl methyl sites for hydroxylation is 2. The molecule has 2 aromatic carbocycles. The lowest BCUT2D eigenvalue weighted by Gasteiger charge is -2.24. The van der Waals surface area contributed by atoms with E-state index in [-0.39, 0.29) is 6.79 Å². The van der Waals surface area contributed by atoms with Crippen LogP contribution in [-0.2, 0) is 19.6 Å². The monoisotopic (exact) mass is 397 g/mol. The van der Waals surface area contributed by atoms with Crippen molar-refractivity contribution < 1.29 is 9.47 Å². The Balaban J connectivity index is 1.49. The lowest BCUT2D eigenvalue weighted by atomic mass is 10.1. The summed E-state index contributed by atoms with van der Waals surface area (Å²) in [5.74, 6) is 1.49. The van der Waals surface area contributed by atoms with E-state index in [1.54, 1.807) is 0 Å². The molecule has 0 saturated carbocycles. The summed E-state index contributed by atoms with van der Waals surface area (Å²) < 4.78 is 13.1. The van der Waals surface area contributed by atoms with Crippen LogP contribution in [0, 0.1) is 6.92 Å². The van der Waals surface area contributed by atoms with Crippen LogP contribution in [0.2, 0.25) is 5.02 Å². The Labute approximate surface area is 170 Å². The van der Waals surface area contributed by atoms with Gasteiger partial charge in [-0.3, -0.25) is 4.90 Å². The summed E-state index contributed by atoms with van der Waals surface area (Å²) in [6.45, 7) is 5.95. The van der Waals surface area contributed by atoms with Gasteiger partial charge in [-0.05, 0) is 36.1 Å². The van der Waals surface area contributed by atoms with Gasteiger partial charge in [0.15, 0.2) is 11.5 Å². The van der Waals surface area contributed by atoms with E-state index in [0.717, 1.165) is 49.7 Å². The molecule has 0 fully saturated rings. The fourth-order valence-corrected chi connectivity index (χ4v) is 3.67. The van der Waals surface area contributed by atoms with Gasteiger partial charge in [0.25, 0.3) is 0 Å². The third kappa shape index (κ3) is 4.49. The second-order valence-corrected chi connectivity index (χ2v) is 7.50. The van der Waals surface area contributed by atoms with Crippen LogP contribution in [0.5, 0.6) is 11.5 Å². The number of nitrogens with zero attached hydrogens (tertiary/aromatic N) is 3. The van der Waals surface area contributed by atoms with Gasteiger partial charge in [-0.15, -0.1) is 0 Å². The number of aromatic nitrogens is 2. The van der Waals surface area contributed by atoms with Crippen LogP contribution in [0.1, 0.15) is 23.1 Å². The maximum absolute atomic E-state index is 6.53. The third-order valence-electron chi connectivity index (χ3n) is 5.04. The second kappa shape index (κ2) is 8.67. The van der Waals surface area contributed by atoms with Crippen molar-refractivity contribution in [2.24, 2.45) is 0 Å². The number of hydrogen-bond acceptors (Lipinski definition) is 4. The average Bonchev–Trinajstić information content (AvgIpc) is 3.35. The molecule has 3 aromatic rings. The number of fused-ring (bicyclic) bond motifs is 1. The van der Waals surface area contributed by atoms with Gasteiger partial charge in [0.05, 0.1) is 6.33 Å². The lowest BCUT2D eigenvalue weighted by molar-refractivity contribution is 0.174. The minimum atomic E-state index is 0.257. The van der Waals surface area contributed by atoms with Crippen LogP contribution in [0.4, 0.5) is 0 Å². The molecule has 0 bridgehead atoms. The van der Waals surface area contributed by atoms with Crippen LogP contribution in [0.25, 0.3) is 0 Å². The van der Waals surface area contributed by atoms with Crippen LogP contribution in [-0.4, -0.2) is 27.8 Å². The number of rotatable bonds is 8. The molecule has 0 unspecified atom stereocenters. The Morgan fingerprint density at radius 2 is 1.89 bits per heavy atom. The third-order valence-corrected chi connectivity index (χ3v) is 5.39. The SMILES string of the molecule is Cc1ccccc1CN(CCCn1ccnc1)Cc1cc2c(cc1Cl)OCO2. The molecule has 0 amide bonds. The van der Waals surface area contributed by atoms with Gasteiger partial charge >= 0.3 is 0 Å². The topological polar surface area (TPSA) is 39.5 Å². The highest BCUT2D eigenvalue weighted by Crippen LogP contribution is 2.37. The smallest absolute Gasteiger partial charge is 0.231 e. The molecule has 2 heterocycles. The summed E-state index contributed by atoms with van der Waals surface area (Å²) >= 11 is 6.53. The predicted octanol–water partition coefficient (Wildman–Crippen LogP) is 4.67. The van der Waals surface area contributed by atoms with Crippen LogP contribution >= 0.6 is 11.6 Å². The minimum Gasteiger partial charge on any atom is -0.454 e. The Hall–Kier alpha value is -2.50. The number of halogens is 1. The number of hydrogen-bond donors (Lipinski definition) is 0. The Morgan fingerprint density at radius 3 is 2.68 bits per heavy atom. The van der Waals surface area contributed by atoms with E-state index in [2.05, 4.69) is 45.6 Å². The molecular weight excluding hydrogens is 374 g/mol. The van der Waals surface area contributed by atoms with E-state index in [1.807, 2.05) is 30.9 Å². The van der Waals surface area contributed by atoms with Crippen LogP contribution in [0.3, 0.4) is 0 Å². The molecule has 0 aliphatic carbocycles. The zero-order valence-corrected chi connectivity index (χ0v) is 16.7. The Morgan fingerprint density at radius 1 is 1.11 bits per heavy atom. The molecule has 0 saturated heterocycles. The average molecular weight is 398 g/mol. The standard InChI is InChI=1S/C22H24ClN3O2/c1-17-5-2-3-6-18(17)13-26(9-4-8-25-10-7-24-15-25)14-19-11-21-22(12-20(19)23)28-16-27-21/h2-3,5-7,10-12,15H,4,8-9,13-14,16H2,1H3. The lowest BCUT2D eigenvalue weighted by Crippen LogP contribution is -2.25. The van der Waals surface area contributed by atoms with E-state index < -0.39 is 0 Å². The van der Waals surface area contributed by atoms with Gasteiger partial charge < -0.3 is 14.0 Å². The first-order valence-corrected chi connectivity index (χ1v) is 9.87. The Kier molecular flexibility index (Phi) is 5.84. The van der Waals surface area contributed by atoms with Crippen molar-refractivity contribution >= 4 is 11.6 Å². The summed E-state index contributed by atoms with van der Waals surface area (Å²) in [6, 6.07) is 12.4. The highest BCUT2D eigenvalue weighted by molar-refractivity contribution is 6.31. The first-order chi connectivity index (χ1) is 13.7. The molecule has 6 heteroatoms. The normalized spacial score (nSPS) is 12.7. The quantitative estimate of drug-likeness (QED) is 0.554. The summed E-state index contributed by atoms with van der Waals surface area (Å²) in [6.07, 6.45) is 6.71. The molecule has 28 heavy (non-hydrogen) atoms. The first kappa shape index (κ1) is 18.8. The summed E-state index contributed by atoms with van der Waals surface area (Å²) in [5.41, 5.74) is 3.70. The number of benzene rings is 2. The largest absolute Gasteiger partial charge is 0.454 e. The fourth-order valence-electron chi connectivity index (χ4n) is 3.46. The van der Waals surface area contributed by atoms with Crippen molar-refractivity contribution in [2.45, 2.75) is 33.0 Å². The molecule has 4 rings (SSSR count). The number of ether oxygens (including phenoxy) is 2. The molecule has 5 nitrogen and oxygen atoms in total. The second-order valence-electron chi connectivity index (χ2n) is 7.09. The molecule has 0 radical (unpaired) electrons. The van der Waals surface area contributed by atoms with Gasteiger partial charge in [-0.25, -0.2) is 4.98 Å². The van der Waals surface area contributed by atoms with E-state index in [9.17, 15) is 0 Å². The highest BCUT2D eigenvalue weighted by atomic mass is 35.5. The molecule has 0 N–H and O–H groups in total. The number of imidazole rings is 1. The molecular formula is C22H24ClN3O2. The first-order valence-electron chi connectivity index (χ1n) is 9.49. The summed E-state index contributed by atoms with van der Waals surface area (Å²) in [4.78, 5) is 6.55. The van der Waals surface area contributed by atoms with Crippen LogP contribution in [0.15, 0.2) is 55.1 Å². The van der Waals surface area contributed by atoms with E-state index >= 15 is 0 Å². The van der Waals surface area contributed by atoms with Crippen molar-refractivity contribution in [3.05, 3.63) is 76.8 Å². The molecule has 1 aliphatic heterocycles. The van der Waals surface area contributed by atoms with Crippen molar-refractivity contribution in [2.75, 3.05) is 13.3 Å². The summed E-state index contributed by atoms with van der Waals surface area (Å²) in [5, 5.41) is 0.716. The highest BCUT2D eigenvalue weighted by Gasteiger charge is 2.18. The molecule has 1 aliphatic rings. The van der Waals surface area contributed by atoms with Crippen molar-refractivity contribution in [3.63, 3.8) is 0 Å². The van der Waals surface area contributed by atoms with E-state index in [1.165, 1.54) is 11.1 Å². The Bertz CT molecular complexity index is 928. The predicted molar refractivity (Wildman–Crippen MR) is 110 cm³/mol. The van der Waals surface area contributed by atoms with Gasteiger partial charge in [0.1, 0.15) is 0 Å². The molecule has 146 valence electrons. The zero-order chi connectivity index (χ0) is 19.3. The van der Waals surface area contributed by atoms with Crippen molar-refractivity contribution in [1.82, 2.24) is 14.5 Å². The molecule has 1 aromatic heterocycles. The van der Waals surface area contributed by atoms with Gasteiger partial charge in [-0.2, -0.15) is 0 Å². The zero-order valence-electron chi connectivity index (χ0n) is 16.0. The van der Waals surface area contributed by atoms with Crippen molar-refractivity contribution in [1.29, 1.82) is 0 Å². The van der Waals surface area contributed by atoms with E-state index in [0.29, 0.717) is 5.02 Å². The van der Waals surface area contributed by atoms with Crippen molar-refractivity contribution in [3.8, 4) is 11.5 Å². The maximum atomic E-state index is 6.53. The van der Waals surface area contributed by atoms with Gasteiger partial charge in [0, 0.05) is 49.7 Å². The minimum absolute atomic E-state index is 0.257. The maximum Gasteiger partial charge on any atom is 0.231 e. The van der Waals surface area contributed by atoms with Crippen LogP contribution < -0.4 is 9.47 Å². The van der Waals surface area contributed by atoms with Gasteiger partial charge in [0.2, 0.25) is 6.79 Å².